The second kappa shape index (κ2) is 9.15. The number of imide groups is 1. The van der Waals surface area contributed by atoms with Gasteiger partial charge in [-0.3, -0.25) is 19.3 Å². The van der Waals surface area contributed by atoms with Crippen molar-refractivity contribution in [1.29, 1.82) is 0 Å². The Morgan fingerprint density at radius 2 is 1.52 bits per heavy atom. The van der Waals surface area contributed by atoms with Crippen molar-refractivity contribution in [3.63, 3.8) is 0 Å². The first kappa shape index (κ1) is 21.0. The number of carbonyl (C=O) groups is 3. The van der Waals surface area contributed by atoms with Gasteiger partial charge < -0.3 is 19.5 Å². The van der Waals surface area contributed by atoms with Gasteiger partial charge in [0, 0.05) is 31.1 Å². The normalized spacial score (nSPS) is 21.0. The number of likely N-dealkylation sites (tertiary alicyclic amines) is 1. The molecule has 158 valence electrons. The number of methoxy groups -OCH3 is 3. The zero-order valence-corrected chi connectivity index (χ0v) is 17.2. The third-order valence-corrected chi connectivity index (χ3v) is 5.76. The lowest BCUT2D eigenvalue weighted by atomic mass is 9.81. The van der Waals surface area contributed by atoms with Gasteiger partial charge >= 0.3 is 0 Å². The monoisotopic (exact) mass is 404 g/mol. The fraction of sp³-hybridized carbons (Fsp3) is 0.571. The molecule has 2 aliphatic rings. The fourth-order valence-electron chi connectivity index (χ4n) is 4.18. The molecule has 29 heavy (non-hydrogen) atoms. The van der Waals surface area contributed by atoms with E-state index in [0.29, 0.717) is 17.2 Å². The molecule has 3 rings (SSSR count). The van der Waals surface area contributed by atoms with Crippen molar-refractivity contribution in [2.24, 2.45) is 11.8 Å². The highest BCUT2D eigenvalue weighted by molar-refractivity contribution is 6.05. The highest BCUT2D eigenvalue weighted by Gasteiger charge is 2.47. The van der Waals surface area contributed by atoms with E-state index < -0.39 is 0 Å². The summed E-state index contributed by atoms with van der Waals surface area (Å²) in [5, 5.41) is 2.81. The number of ether oxygens (including phenoxy) is 3. The number of rotatable bonds is 8. The van der Waals surface area contributed by atoms with Gasteiger partial charge in [-0.2, -0.15) is 0 Å². The second-order valence-corrected chi connectivity index (χ2v) is 7.37. The van der Waals surface area contributed by atoms with Crippen LogP contribution >= 0.6 is 0 Å². The zero-order valence-electron chi connectivity index (χ0n) is 17.2. The van der Waals surface area contributed by atoms with Gasteiger partial charge in [0.1, 0.15) is 5.75 Å². The number of nitrogens with zero attached hydrogens (tertiary/aromatic N) is 1. The van der Waals surface area contributed by atoms with Crippen LogP contribution in [0.15, 0.2) is 12.1 Å². The number of nitrogens with one attached hydrogen (secondary N) is 1. The van der Waals surface area contributed by atoms with Gasteiger partial charge in [0.15, 0.2) is 11.5 Å². The summed E-state index contributed by atoms with van der Waals surface area (Å²) in [6, 6.07) is 3.44. The summed E-state index contributed by atoms with van der Waals surface area (Å²) in [6.45, 7) is 0.356. The van der Waals surface area contributed by atoms with Crippen molar-refractivity contribution in [2.75, 3.05) is 27.9 Å². The van der Waals surface area contributed by atoms with Crippen LogP contribution in [0.5, 0.6) is 17.2 Å². The predicted molar refractivity (Wildman–Crippen MR) is 105 cm³/mol. The minimum absolute atomic E-state index is 0.0759. The van der Waals surface area contributed by atoms with Crippen LogP contribution in [0.3, 0.4) is 0 Å². The molecule has 0 aromatic heterocycles. The van der Waals surface area contributed by atoms with E-state index in [4.69, 9.17) is 14.2 Å². The van der Waals surface area contributed by atoms with E-state index in [1.54, 1.807) is 12.1 Å². The molecule has 0 unspecified atom stereocenters. The van der Waals surface area contributed by atoms with Crippen molar-refractivity contribution in [1.82, 2.24) is 10.2 Å². The van der Waals surface area contributed by atoms with Crippen molar-refractivity contribution >= 4 is 17.7 Å². The lowest BCUT2D eigenvalue weighted by Crippen LogP contribution is -2.35. The first-order valence-corrected chi connectivity index (χ1v) is 9.91. The third kappa shape index (κ3) is 4.31. The van der Waals surface area contributed by atoms with Crippen LogP contribution in [0.4, 0.5) is 0 Å². The fourth-order valence-corrected chi connectivity index (χ4v) is 4.18. The van der Waals surface area contributed by atoms with Crippen molar-refractivity contribution < 1.29 is 28.6 Å². The van der Waals surface area contributed by atoms with Crippen LogP contribution < -0.4 is 19.5 Å². The summed E-state index contributed by atoms with van der Waals surface area (Å²) < 4.78 is 15.9. The second-order valence-electron chi connectivity index (χ2n) is 7.37. The topological polar surface area (TPSA) is 94.2 Å². The van der Waals surface area contributed by atoms with Crippen LogP contribution in [0, 0.1) is 11.8 Å². The van der Waals surface area contributed by atoms with E-state index in [1.165, 1.54) is 26.2 Å². The molecule has 0 spiro atoms. The Hall–Kier alpha value is -2.77. The molecule has 1 aliphatic carbocycles. The van der Waals surface area contributed by atoms with Gasteiger partial charge in [-0.05, 0) is 18.9 Å². The molecule has 1 heterocycles. The maximum atomic E-state index is 12.5. The molecule has 1 aromatic rings. The zero-order chi connectivity index (χ0) is 21.0. The van der Waals surface area contributed by atoms with Crippen molar-refractivity contribution in [3.05, 3.63) is 17.7 Å². The van der Waals surface area contributed by atoms with Crippen LogP contribution in [0.1, 0.15) is 37.7 Å². The smallest absolute Gasteiger partial charge is 0.233 e. The van der Waals surface area contributed by atoms with E-state index in [9.17, 15) is 14.4 Å². The van der Waals surface area contributed by atoms with E-state index in [-0.39, 0.29) is 49.1 Å². The third-order valence-electron chi connectivity index (χ3n) is 5.76. The molecule has 1 aliphatic heterocycles. The Morgan fingerprint density at radius 3 is 2.07 bits per heavy atom. The number of hydrogen-bond donors (Lipinski definition) is 1. The summed E-state index contributed by atoms with van der Waals surface area (Å²) in [4.78, 5) is 38.6. The van der Waals surface area contributed by atoms with Gasteiger partial charge in [0.25, 0.3) is 0 Å². The molecule has 8 nitrogen and oxygen atoms in total. The van der Waals surface area contributed by atoms with Gasteiger partial charge in [-0.25, -0.2) is 0 Å². The minimum atomic E-state index is -0.239. The first-order chi connectivity index (χ1) is 14.0. The van der Waals surface area contributed by atoms with Crippen LogP contribution in [-0.4, -0.2) is 50.5 Å². The van der Waals surface area contributed by atoms with Gasteiger partial charge in [0.05, 0.1) is 33.2 Å². The standard InChI is InChI=1S/C21H28N2O6/c1-27-16-11-18(29-3)17(28-2)10-13(16)12-22-19(24)8-9-23-20(25)14-6-4-5-7-15(14)21(23)26/h10-11,14-15H,4-9,12H2,1-3H3,(H,22,24)/t14-,15+. The SMILES string of the molecule is COc1cc(OC)c(OC)cc1CNC(=O)CCN1C(=O)[C@H]2CCCC[C@H]2C1=O. The lowest BCUT2D eigenvalue weighted by Gasteiger charge is -2.19. The van der Waals surface area contributed by atoms with E-state index >= 15 is 0 Å². The average molecular weight is 404 g/mol. The highest BCUT2D eigenvalue weighted by atomic mass is 16.5. The molecule has 1 saturated carbocycles. The van der Waals surface area contributed by atoms with Gasteiger partial charge in [-0.15, -0.1) is 0 Å². The summed E-state index contributed by atoms with van der Waals surface area (Å²) in [6.07, 6.45) is 3.60. The Kier molecular flexibility index (Phi) is 6.61. The number of carbonyl (C=O) groups excluding carboxylic acids is 3. The molecule has 1 aromatic carbocycles. The molecule has 3 amide bonds. The number of hydrogen-bond acceptors (Lipinski definition) is 6. The summed E-state index contributed by atoms with van der Waals surface area (Å²) in [5.74, 6) is 0.795. The summed E-state index contributed by atoms with van der Waals surface area (Å²) in [7, 11) is 4.61. The lowest BCUT2D eigenvalue weighted by molar-refractivity contribution is -0.140. The molecular formula is C21H28N2O6. The largest absolute Gasteiger partial charge is 0.496 e. The number of benzene rings is 1. The average Bonchev–Trinajstić information content (AvgIpc) is 3.00. The first-order valence-electron chi connectivity index (χ1n) is 9.91. The highest BCUT2D eigenvalue weighted by Crippen LogP contribution is 2.38. The molecule has 2 atom stereocenters. The van der Waals surface area contributed by atoms with Gasteiger partial charge in [-0.1, -0.05) is 12.8 Å². The summed E-state index contributed by atoms with van der Waals surface area (Å²) in [5.41, 5.74) is 0.734. The van der Waals surface area contributed by atoms with Crippen LogP contribution in [0.25, 0.3) is 0 Å². The van der Waals surface area contributed by atoms with Crippen molar-refractivity contribution in [2.45, 2.75) is 38.6 Å². The predicted octanol–water partition coefficient (Wildman–Crippen LogP) is 1.89. The Morgan fingerprint density at radius 1 is 0.966 bits per heavy atom. The minimum Gasteiger partial charge on any atom is -0.496 e. The van der Waals surface area contributed by atoms with E-state index in [0.717, 1.165) is 31.2 Å². The van der Waals surface area contributed by atoms with Crippen LogP contribution in [-0.2, 0) is 20.9 Å². The van der Waals surface area contributed by atoms with E-state index in [1.807, 2.05) is 0 Å². The molecule has 8 heteroatoms. The maximum Gasteiger partial charge on any atom is 0.233 e. The molecule has 0 radical (unpaired) electrons. The Labute approximate surface area is 170 Å². The molecular weight excluding hydrogens is 376 g/mol. The van der Waals surface area contributed by atoms with E-state index in [2.05, 4.69) is 5.32 Å². The number of amides is 3. The summed E-state index contributed by atoms with van der Waals surface area (Å²) >= 11 is 0. The van der Waals surface area contributed by atoms with Crippen LogP contribution in [0.2, 0.25) is 0 Å². The van der Waals surface area contributed by atoms with Crippen molar-refractivity contribution in [3.8, 4) is 17.2 Å². The van der Waals surface area contributed by atoms with Gasteiger partial charge in [0.2, 0.25) is 17.7 Å². The number of fused-ring (bicyclic) bond motifs is 1. The molecule has 2 fully saturated rings. The molecule has 0 bridgehead atoms. The maximum absolute atomic E-state index is 12.5. The Bertz CT molecular complexity index is 770. The molecule has 1 N–H and O–H groups in total. The quantitative estimate of drug-likeness (QED) is 0.665. The molecule has 1 saturated heterocycles. The Balaban J connectivity index is 1.57.